The Morgan fingerprint density at radius 3 is 1.40 bits per heavy atom. The molecule has 0 N–H and O–H groups in total. The van der Waals surface area contributed by atoms with Gasteiger partial charge in [-0.25, -0.2) is 0 Å². The molecule has 1 spiro atoms. The minimum absolute atomic E-state index is 0.0367. The predicted octanol–water partition coefficient (Wildman–Crippen LogP) is 19.9. The third-order valence-corrected chi connectivity index (χ3v) is 21.9. The molecule has 11 aromatic rings. The number of para-hydroxylation sites is 2. The van der Waals surface area contributed by atoms with Gasteiger partial charge in [-0.3, -0.25) is 0 Å². The van der Waals surface area contributed by atoms with Gasteiger partial charge in [0.25, 0.3) is 0 Å². The van der Waals surface area contributed by atoms with Crippen LogP contribution in [0.5, 0.6) is 0 Å². The van der Waals surface area contributed by atoms with Crippen molar-refractivity contribution in [3.8, 4) is 44.5 Å². The van der Waals surface area contributed by atoms with Gasteiger partial charge in [0.1, 0.15) is 0 Å². The van der Waals surface area contributed by atoms with Gasteiger partial charge in [-0.15, -0.1) is 0 Å². The van der Waals surface area contributed by atoms with E-state index < -0.39 is 5.41 Å². The molecule has 2 heteroatoms. The molecule has 4 unspecified atom stereocenters. The second-order valence-electron chi connectivity index (χ2n) is 25.6. The average molecular weight is 991 g/mol. The lowest BCUT2D eigenvalue weighted by Gasteiger charge is -2.47. The van der Waals surface area contributed by atoms with Crippen LogP contribution < -0.4 is 9.80 Å². The van der Waals surface area contributed by atoms with Gasteiger partial charge in [0.05, 0.1) is 16.5 Å². The first-order valence-corrected chi connectivity index (χ1v) is 28.5. The van der Waals surface area contributed by atoms with Gasteiger partial charge < -0.3 is 9.80 Å². The number of fused-ring (bicyclic) bond motifs is 17. The Labute approximate surface area is 453 Å². The molecule has 372 valence electrons. The third kappa shape index (κ3) is 5.29. The number of nitrogens with zero attached hydrogens (tertiary/aromatic N) is 2. The molecule has 11 aromatic carbocycles. The van der Waals surface area contributed by atoms with Crippen LogP contribution in [0.1, 0.15) is 112 Å². The molecule has 0 saturated heterocycles. The maximum absolute atomic E-state index is 2.70. The molecule has 0 aromatic heterocycles. The molecule has 2 aliphatic heterocycles. The lowest BCUT2D eigenvalue weighted by atomic mass is 9.69. The van der Waals surface area contributed by atoms with Gasteiger partial charge >= 0.3 is 0 Å². The van der Waals surface area contributed by atoms with Crippen LogP contribution in [0.15, 0.2) is 206 Å². The summed E-state index contributed by atoms with van der Waals surface area (Å²) in [6.07, 6.45) is 4.80. The van der Waals surface area contributed by atoms with Crippen molar-refractivity contribution in [1.29, 1.82) is 0 Å². The minimum atomic E-state index is -0.559. The van der Waals surface area contributed by atoms with E-state index in [1.165, 1.54) is 159 Å². The monoisotopic (exact) mass is 990 g/mol. The van der Waals surface area contributed by atoms with Gasteiger partial charge in [0.2, 0.25) is 0 Å². The Morgan fingerprint density at radius 2 is 0.844 bits per heavy atom. The minimum Gasteiger partial charge on any atom is -0.334 e. The Bertz CT molecular complexity index is 4160. The molecule has 2 saturated carbocycles. The second kappa shape index (κ2) is 14.7. The zero-order valence-electron chi connectivity index (χ0n) is 45.0. The fourth-order valence-electron chi connectivity index (χ4n) is 17.6. The van der Waals surface area contributed by atoms with E-state index in [9.17, 15) is 0 Å². The molecule has 4 atom stereocenters. The Morgan fingerprint density at radius 1 is 0.364 bits per heavy atom. The highest BCUT2D eigenvalue weighted by Crippen LogP contribution is 2.69. The fourth-order valence-corrected chi connectivity index (χ4v) is 17.6. The highest BCUT2D eigenvalue weighted by Gasteiger charge is 2.62. The summed E-state index contributed by atoms with van der Waals surface area (Å²) in [6, 6.07) is 80.7. The third-order valence-electron chi connectivity index (χ3n) is 21.9. The van der Waals surface area contributed by atoms with Gasteiger partial charge in [0.15, 0.2) is 0 Å². The van der Waals surface area contributed by atoms with E-state index >= 15 is 0 Å². The normalized spacial score (nSPS) is 24.3. The van der Waals surface area contributed by atoms with E-state index in [0.29, 0.717) is 11.8 Å². The lowest BCUT2D eigenvalue weighted by Crippen LogP contribution is -2.50. The van der Waals surface area contributed by atoms with E-state index in [0.717, 1.165) is 0 Å². The highest BCUT2D eigenvalue weighted by molar-refractivity contribution is 6.27. The van der Waals surface area contributed by atoms with Crippen LogP contribution in [0.3, 0.4) is 0 Å². The van der Waals surface area contributed by atoms with E-state index in [-0.39, 0.29) is 21.9 Å². The molecule has 2 fully saturated rings. The zero-order chi connectivity index (χ0) is 51.5. The van der Waals surface area contributed by atoms with E-state index in [2.05, 4.69) is 258 Å². The van der Waals surface area contributed by atoms with Gasteiger partial charge in [-0.05, 0) is 227 Å². The summed E-state index contributed by atoms with van der Waals surface area (Å²) < 4.78 is 0. The summed E-state index contributed by atoms with van der Waals surface area (Å²) in [4.78, 5) is 5.40. The summed E-state index contributed by atoms with van der Waals surface area (Å²) in [5, 5.41) is 8.01. The standard InChI is InChI=1S/C75H62N2/c1-71(2)38-36-60-58-40-47(29-34-66(58)76(73(60,71)5)52-18-9-7-10-19-52)49-27-31-54-55-32-28-50(48-30-35-67-59(41-48)61-37-39-72(3,4)74(61,6)77(67)53-20-11-8-12-21-53)43-64(55)75(63(54)42-49)62-23-14-13-22-56(62)70-57-33-26-46-17-15-16-45-24-25-51(44-65(70)75)69(57)68(45)46/h7-35,40-44,60-61H,36-39H2,1-6H3. The van der Waals surface area contributed by atoms with Crippen molar-refractivity contribution in [3.63, 3.8) is 0 Å². The lowest BCUT2D eigenvalue weighted by molar-refractivity contribution is 0.222. The molecule has 0 radical (unpaired) electrons. The van der Waals surface area contributed by atoms with Crippen LogP contribution in [-0.4, -0.2) is 11.1 Å². The summed E-state index contributed by atoms with van der Waals surface area (Å²) in [5.74, 6) is 0.878. The molecule has 4 aliphatic carbocycles. The molecule has 77 heavy (non-hydrogen) atoms. The zero-order valence-corrected chi connectivity index (χ0v) is 45.0. The van der Waals surface area contributed by atoms with Crippen LogP contribution >= 0.6 is 0 Å². The van der Waals surface area contributed by atoms with Crippen molar-refractivity contribution in [3.05, 3.63) is 240 Å². The number of anilines is 4. The summed E-state index contributed by atoms with van der Waals surface area (Å²) in [5.41, 5.74) is 24.0. The molecule has 0 bridgehead atoms. The van der Waals surface area contributed by atoms with Crippen LogP contribution in [-0.2, 0) is 5.41 Å². The van der Waals surface area contributed by atoms with Crippen molar-refractivity contribution in [2.24, 2.45) is 10.8 Å². The second-order valence-corrected chi connectivity index (χ2v) is 25.6. The van der Waals surface area contributed by atoms with E-state index in [1.54, 1.807) is 0 Å². The number of benzene rings is 11. The number of hydrogen-bond acceptors (Lipinski definition) is 2. The Balaban J connectivity index is 0.894. The van der Waals surface area contributed by atoms with Crippen molar-refractivity contribution in [2.45, 2.75) is 95.6 Å². The first kappa shape index (κ1) is 44.2. The smallest absolute Gasteiger partial charge is 0.0726 e. The first-order chi connectivity index (χ1) is 37.4. The van der Waals surface area contributed by atoms with Crippen molar-refractivity contribution < 1.29 is 0 Å². The first-order valence-electron chi connectivity index (χ1n) is 28.5. The van der Waals surface area contributed by atoms with Crippen molar-refractivity contribution >= 4 is 55.1 Å². The van der Waals surface area contributed by atoms with Crippen LogP contribution in [0.2, 0.25) is 0 Å². The fraction of sp³-hybridized carbons (Fsp3) is 0.227. The largest absolute Gasteiger partial charge is 0.334 e. The highest BCUT2D eigenvalue weighted by atomic mass is 15.3. The quantitative estimate of drug-likeness (QED) is 0.162. The molecule has 2 heterocycles. The van der Waals surface area contributed by atoms with Gasteiger partial charge in [0, 0.05) is 34.6 Å². The molecule has 0 amide bonds. The molecule has 17 rings (SSSR count). The van der Waals surface area contributed by atoms with Gasteiger partial charge in [-0.2, -0.15) is 0 Å². The summed E-state index contributed by atoms with van der Waals surface area (Å²) in [7, 11) is 0. The molecule has 6 aliphatic rings. The number of hydrogen-bond donors (Lipinski definition) is 0. The maximum atomic E-state index is 2.70. The van der Waals surface area contributed by atoms with E-state index in [4.69, 9.17) is 0 Å². The van der Waals surface area contributed by atoms with E-state index in [1.807, 2.05) is 0 Å². The Hall–Kier alpha value is -7.94. The van der Waals surface area contributed by atoms with Crippen LogP contribution in [0, 0.1) is 10.8 Å². The van der Waals surface area contributed by atoms with Crippen LogP contribution in [0.25, 0.3) is 76.8 Å². The predicted molar refractivity (Wildman–Crippen MR) is 323 cm³/mol. The van der Waals surface area contributed by atoms with Crippen molar-refractivity contribution in [1.82, 2.24) is 0 Å². The van der Waals surface area contributed by atoms with Crippen molar-refractivity contribution in [2.75, 3.05) is 9.80 Å². The van der Waals surface area contributed by atoms with Gasteiger partial charge in [-0.1, -0.05) is 167 Å². The molecule has 2 nitrogen and oxygen atoms in total. The Kier molecular flexibility index (Phi) is 8.47. The molecular formula is C75H62N2. The molecular weight excluding hydrogens is 929 g/mol. The number of rotatable bonds is 4. The maximum Gasteiger partial charge on any atom is 0.0726 e. The topological polar surface area (TPSA) is 6.48 Å². The SMILES string of the molecule is CC1(C)CCC2c3cc(-c4ccc5c(c4)C4(c6cc(-c7ccc8c(c7)C7CCC(C)(C)C7(C)N8c7ccccc7)ccc6-5)c5ccccc5-c5c4cc4ccc6cccc7ccc5c4c67)ccc3N(c3ccccc3)C21C. The summed E-state index contributed by atoms with van der Waals surface area (Å²) >= 11 is 0. The average Bonchev–Trinajstić information content (AvgIpc) is 4.21. The van der Waals surface area contributed by atoms with Crippen LogP contribution in [0.4, 0.5) is 22.7 Å². The summed E-state index contributed by atoms with van der Waals surface area (Å²) in [6.45, 7) is 15.1.